The average molecular weight is 895 g/mol. The van der Waals surface area contributed by atoms with Gasteiger partial charge in [0.1, 0.15) is 11.5 Å². The van der Waals surface area contributed by atoms with Gasteiger partial charge in [-0.2, -0.15) is 0 Å². The lowest BCUT2D eigenvalue weighted by Gasteiger charge is -2.12. The molecule has 60 heavy (non-hydrogen) atoms. The Kier molecular flexibility index (Phi) is 13.2. The molecular formula is C43H36Cl4N4O9. The molecule has 1 atom stereocenters. The zero-order valence-corrected chi connectivity index (χ0v) is 35.2. The van der Waals surface area contributed by atoms with Crippen molar-refractivity contribution in [3.63, 3.8) is 0 Å². The van der Waals surface area contributed by atoms with Crippen LogP contribution in [0.15, 0.2) is 72.8 Å². The third kappa shape index (κ3) is 9.29. The van der Waals surface area contributed by atoms with Crippen molar-refractivity contribution in [2.24, 2.45) is 5.92 Å². The highest BCUT2D eigenvalue weighted by Crippen LogP contribution is 2.33. The number of esters is 2. The van der Waals surface area contributed by atoms with Gasteiger partial charge in [-0.05, 0) is 97.8 Å². The molecule has 6 rings (SSSR count). The van der Waals surface area contributed by atoms with E-state index in [0.717, 1.165) is 0 Å². The number of carbonyl (C=O) groups excluding carboxylic acids is 6. The summed E-state index contributed by atoms with van der Waals surface area (Å²) >= 11 is 24.4. The first kappa shape index (κ1) is 43.7. The second-order valence-corrected chi connectivity index (χ2v) is 15.7. The summed E-state index contributed by atoms with van der Waals surface area (Å²) in [5, 5.41) is 27.6. The van der Waals surface area contributed by atoms with Crippen molar-refractivity contribution in [1.82, 2.24) is 19.8 Å². The largest absolute Gasteiger partial charge is 0.508 e. The molecule has 0 spiro atoms. The first-order valence-corrected chi connectivity index (χ1v) is 19.9. The number of hydrogen-bond donors (Lipinski definition) is 4. The number of benzene rings is 4. The van der Waals surface area contributed by atoms with E-state index in [1.165, 1.54) is 76.7 Å². The van der Waals surface area contributed by atoms with Gasteiger partial charge in [-0.15, -0.1) is 0 Å². The standard InChI is InChI=1S/C43H36Cl4N4O9/c1-21(20-49-39(55)19-29-23(3)51(37-11-7-27(53)17-31(29)37)42(58)25-5-9-33(45)35(47)15-25)43(59)60-40(56)12-13-48-38(54)18-28-22(2)50(36-10-6-26(52)16-30(28)36)41(57)24-4-8-32(44)34(46)14-24/h4-11,14-17,21,52-53H,12-13,18-20H2,1-3H3,(H,48,54)(H,49,55). The van der Waals surface area contributed by atoms with E-state index in [0.29, 0.717) is 44.3 Å². The number of nitrogens with one attached hydrogen (secondary N) is 2. The van der Waals surface area contributed by atoms with Crippen LogP contribution in [-0.4, -0.2) is 68.0 Å². The van der Waals surface area contributed by atoms with E-state index in [1.807, 2.05) is 0 Å². The van der Waals surface area contributed by atoms with E-state index < -0.39 is 41.5 Å². The number of phenolic OH excluding ortho intramolecular Hbond substituents is 2. The fourth-order valence-corrected chi connectivity index (χ4v) is 7.39. The van der Waals surface area contributed by atoms with Crippen molar-refractivity contribution in [2.75, 3.05) is 13.1 Å². The Morgan fingerprint density at radius 2 is 1.08 bits per heavy atom. The molecule has 1 unspecified atom stereocenters. The van der Waals surface area contributed by atoms with Gasteiger partial charge >= 0.3 is 11.9 Å². The number of nitrogens with zero attached hydrogens (tertiary/aromatic N) is 2. The summed E-state index contributed by atoms with van der Waals surface area (Å²) in [5.74, 6) is -4.72. The summed E-state index contributed by atoms with van der Waals surface area (Å²) in [5.41, 5.74) is 3.25. The number of ether oxygens (including phenoxy) is 1. The SMILES string of the molecule is Cc1c(CC(=O)NCCC(=O)OC(=O)C(C)CNC(=O)Cc2c(C)n(C(=O)c3ccc(Cl)c(Cl)c3)c3ccc(O)cc23)c2cc(O)ccc2n1C(=O)c1ccc(Cl)c(Cl)c1. The van der Waals surface area contributed by atoms with Gasteiger partial charge in [0, 0.05) is 46.4 Å². The van der Waals surface area contributed by atoms with Crippen LogP contribution < -0.4 is 10.6 Å². The number of halogens is 4. The molecule has 13 nitrogen and oxygen atoms in total. The van der Waals surface area contributed by atoms with Gasteiger partial charge in [0.05, 0.1) is 56.3 Å². The minimum Gasteiger partial charge on any atom is -0.508 e. The number of rotatable bonds is 12. The number of fused-ring (bicyclic) bond motifs is 2. The van der Waals surface area contributed by atoms with E-state index in [1.54, 1.807) is 26.0 Å². The first-order valence-electron chi connectivity index (χ1n) is 18.4. The third-order valence-electron chi connectivity index (χ3n) is 9.92. The smallest absolute Gasteiger partial charge is 0.318 e. The molecule has 0 fully saturated rings. The Balaban J connectivity index is 1.02. The minimum atomic E-state index is -0.932. The molecule has 4 aromatic carbocycles. The summed E-state index contributed by atoms with van der Waals surface area (Å²) in [6, 6.07) is 17.8. The highest BCUT2D eigenvalue weighted by Gasteiger charge is 2.25. The second-order valence-electron chi connectivity index (χ2n) is 14.0. The first-order chi connectivity index (χ1) is 28.4. The molecule has 310 valence electrons. The summed E-state index contributed by atoms with van der Waals surface area (Å²) in [7, 11) is 0. The fourth-order valence-electron chi connectivity index (χ4n) is 6.79. The Bertz CT molecular complexity index is 2760. The predicted molar refractivity (Wildman–Crippen MR) is 227 cm³/mol. The number of hydrogen-bond acceptors (Lipinski definition) is 9. The molecule has 6 aromatic rings. The number of carbonyl (C=O) groups is 6. The quantitative estimate of drug-likeness (QED) is 0.0705. The van der Waals surface area contributed by atoms with E-state index in [9.17, 15) is 39.0 Å². The lowest BCUT2D eigenvalue weighted by atomic mass is 10.1. The van der Waals surface area contributed by atoms with E-state index in [4.69, 9.17) is 51.1 Å². The highest BCUT2D eigenvalue weighted by molar-refractivity contribution is 6.42. The molecule has 0 radical (unpaired) electrons. The van der Waals surface area contributed by atoms with E-state index >= 15 is 0 Å². The average Bonchev–Trinajstić information content (AvgIpc) is 3.62. The van der Waals surface area contributed by atoms with Gasteiger partial charge in [0.25, 0.3) is 11.8 Å². The molecular weight excluding hydrogens is 858 g/mol. The van der Waals surface area contributed by atoms with Gasteiger partial charge < -0.3 is 25.6 Å². The lowest BCUT2D eigenvalue weighted by Crippen LogP contribution is -2.34. The number of aromatic nitrogens is 2. The van der Waals surface area contributed by atoms with Crippen LogP contribution in [-0.2, 0) is 36.8 Å². The summed E-state index contributed by atoms with van der Waals surface area (Å²) in [6.07, 6.45) is -0.750. The summed E-state index contributed by atoms with van der Waals surface area (Å²) < 4.78 is 7.80. The lowest BCUT2D eigenvalue weighted by molar-refractivity contribution is -0.162. The Morgan fingerprint density at radius 1 is 0.633 bits per heavy atom. The maximum Gasteiger partial charge on any atom is 0.318 e. The maximum absolute atomic E-state index is 13.6. The molecule has 2 aromatic heterocycles. The number of aromatic hydroxyl groups is 2. The topological polar surface area (TPSA) is 186 Å². The zero-order valence-electron chi connectivity index (χ0n) is 32.2. The van der Waals surface area contributed by atoms with Crippen LogP contribution >= 0.6 is 46.4 Å². The Labute approximate surface area is 362 Å². The van der Waals surface area contributed by atoms with Crippen molar-refractivity contribution < 1.29 is 43.7 Å². The van der Waals surface area contributed by atoms with Crippen LogP contribution in [0.5, 0.6) is 11.5 Å². The molecule has 0 saturated heterocycles. The fraction of sp³-hybridized carbons (Fsp3) is 0.209. The second kappa shape index (κ2) is 18.2. The van der Waals surface area contributed by atoms with Crippen molar-refractivity contribution in [1.29, 1.82) is 0 Å². The highest BCUT2D eigenvalue weighted by atomic mass is 35.5. The predicted octanol–water partition coefficient (Wildman–Crippen LogP) is 7.73. The molecule has 0 bridgehead atoms. The van der Waals surface area contributed by atoms with E-state index in [2.05, 4.69) is 10.6 Å². The maximum atomic E-state index is 13.6. The van der Waals surface area contributed by atoms with Crippen molar-refractivity contribution in [3.8, 4) is 11.5 Å². The van der Waals surface area contributed by atoms with Gasteiger partial charge in [0.15, 0.2) is 0 Å². The van der Waals surface area contributed by atoms with Gasteiger partial charge in [0.2, 0.25) is 11.8 Å². The molecule has 0 saturated carbocycles. The van der Waals surface area contributed by atoms with Crippen LogP contribution in [0.3, 0.4) is 0 Å². The van der Waals surface area contributed by atoms with Gasteiger partial charge in [-0.25, -0.2) is 0 Å². The van der Waals surface area contributed by atoms with Crippen LogP contribution in [0.2, 0.25) is 20.1 Å². The molecule has 0 aliphatic rings. The molecule has 17 heteroatoms. The number of phenols is 2. The monoisotopic (exact) mass is 892 g/mol. The zero-order chi connectivity index (χ0) is 43.6. The Hall–Kier alpha value is -5.86. The Morgan fingerprint density at radius 3 is 1.53 bits per heavy atom. The van der Waals surface area contributed by atoms with Crippen LogP contribution in [0.4, 0.5) is 0 Å². The van der Waals surface area contributed by atoms with Crippen LogP contribution in [0.1, 0.15) is 56.6 Å². The van der Waals surface area contributed by atoms with Gasteiger partial charge in [-0.1, -0.05) is 53.3 Å². The van der Waals surface area contributed by atoms with Crippen molar-refractivity contribution >= 4 is 104 Å². The summed E-state index contributed by atoms with van der Waals surface area (Å²) in [4.78, 5) is 78.7. The number of amides is 2. The van der Waals surface area contributed by atoms with Crippen LogP contribution in [0, 0.1) is 19.8 Å². The van der Waals surface area contributed by atoms with Crippen LogP contribution in [0.25, 0.3) is 21.8 Å². The normalized spacial score (nSPS) is 11.7. The molecule has 0 aliphatic carbocycles. The van der Waals surface area contributed by atoms with Crippen molar-refractivity contribution in [2.45, 2.75) is 40.0 Å². The van der Waals surface area contributed by atoms with Crippen molar-refractivity contribution in [3.05, 3.63) is 127 Å². The molecule has 0 aliphatic heterocycles. The van der Waals surface area contributed by atoms with E-state index in [-0.39, 0.29) is 75.1 Å². The minimum absolute atomic E-state index is 0.0700. The molecule has 2 heterocycles. The molecule has 4 N–H and O–H groups in total. The summed E-state index contributed by atoms with van der Waals surface area (Å²) in [6.45, 7) is 4.44. The van der Waals surface area contributed by atoms with Gasteiger partial charge in [-0.3, -0.25) is 37.9 Å². The molecule has 2 amide bonds. The third-order valence-corrected chi connectivity index (χ3v) is 11.4.